The van der Waals surface area contributed by atoms with Crippen molar-refractivity contribution in [2.45, 2.75) is 57.0 Å². The Hall–Kier alpha value is -4.17. The molecule has 0 saturated carbocycles. The summed E-state index contributed by atoms with van der Waals surface area (Å²) in [7, 11) is 0. The lowest BCUT2D eigenvalue weighted by Crippen LogP contribution is -2.37. The Bertz CT molecular complexity index is 1730. The van der Waals surface area contributed by atoms with Gasteiger partial charge in [-0.3, -0.25) is 9.59 Å². The Morgan fingerprint density at radius 1 is 0.953 bits per heavy atom. The number of carbonyl (C=O) groups excluding carboxylic acids is 1. The highest BCUT2D eigenvalue weighted by Gasteiger charge is 2.42. The molecule has 8 heteroatoms. The number of nitrogens with zero attached hydrogens (tertiary/aromatic N) is 2. The number of hydrogen-bond acceptors (Lipinski definition) is 6. The van der Waals surface area contributed by atoms with Crippen LogP contribution in [-0.4, -0.2) is 22.3 Å². The standard InChI is InChI=1S/C35H35FN4O2S/c1-4-40(20-22-8-6-5-7-9-22)26-16-12-24(13-17-26)29-30-27(18-35(2,3)19-28(30)41)37-32-31(29)33(42)39-34(38-32)43-21-23-10-14-25(36)15-11-23/h5-17,29H,4,18-21H2,1-3H3,(H2,37,38,39,42). The summed E-state index contributed by atoms with van der Waals surface area (Å²) in [5.74, 6) is 0.281. The topological polar surface area (TPSA) is 78.1 Å². The maximum absolute atomic E-state index is 13.7. The molecule has 1 unspecified atom stereocenters. The van der Waals surface area contributed by atoms with Crippen molar-refractivity contribution in [1.29, 1.82) is 0 Å². The number of hydrogen-bond donors (Lipinski definition) is 2. The van der Waals surface area contributed by atoms with Gasteiger partial charge in [-0.05, 0) is 59.7 Å². The van der Waals surface area contributed by atoms with Gasteiger partial charge in [0, 0.05) is 48.1 Å². The Labute approximate surface area is 255 Å². The molecule has 43 heavy (non-hydrogen) atoms. The van der Waals surface area contributed by atoms with Crippen LogP contribution in [0.15, 0.2) is 100 Å². The van der Waals surface area contributed by atoms with Crippen molar-refractivity contribution in [2.75, 3.05) is 16.8 Å². The van der Waals surface area contributed by atoms with Crippen LogP contribution in [-0.2, 0) is 17.1 Å². The number of H-pyrrole nitrogens is 1. The van der Waals surface area contributed by atoms with Crippen LogP contribution in [0.5, 0.6) is 0 Å². The van der Waals surface area contributed by atoms with Crippen LogP contribution in [0.3, 0.4) is 0 Å². The SMILES string of the molecule is CCN(Cc1ccccc1)c1ccc(C2C3=C(CC(C)(C)CC3=O)Nc3nc(SCc4ccc(F)cc4)[nH]c(=O)c32)cc1. The van der Waals surface area contributed by atoms with Crippen LogP contribution in [0, 0.1) is 11.2 Å². The van der Waals surface area contributed by atoms with E-state index in [1.54, 1.807) is 12.1 Å². The molecule has 2 N–H and O–H groups in total. The number of ketones is 1. The van der Waals surface area contributed by atoms with Gasteiger partial charge in [-0.25, -0.2) is 9.37 Å². The minimum absolute atomic E-state index is 0.0619. The summed E-state index contributed by atoms with van der Waals surface area (Å²) in [4.78, 5) is 37.4. The molecule has 6 nitrogen and oxygen atoms in total. The fourth-order valence-corrected chi connectivity index (χ4v) is 6.91. The molecule has 0 amide bonds. The van der Waals surface area contributed by atoms with Gasteiger partial charge in [0.25, 0.3) is 5.56 Å². The van der Waals surface area contributed by atoms with Crippen LogP contribution >= 0.6 is 11.8 Å². The van der Waals surface area contributed by atoms with E-state index in [0.29, 0.717) is 40.7 Å². The molecule has 1 aliphatic heterocycles. The Kier molecular flexibility index (Phi) is 7.97. The number of carbonyl (C=O) groups is 1. The van der Waals surface area contributed by atoms with Gasteiger partial charge in [-0.15, -0.1) is 0 Å². The average molecular weight is 595 g/mol. The lowest BCUT2D eigenvalue weighted by Gasteiger charge is -2.38. The van der Waals surface area contributed by atoms with Crippen LogP contribution in [0.2, 0.25) is 0 Å². The van der Waals surface area contributed by atoms with E-state index >= 15 is 0 Å². The molecule has 2 heterocycles. The molecule has 3 aromatic carbocycles. The minimum atomic E-state index is -0.513. The summed E-state index contributed by atoms with van der Waals surface area (Å²) < 4.78 is 13.3. The van der Waals surface area contributed by atoms with E-state index in [2.05, 4.69) is 60.2 Å². The third-order valence-corrected chi connectivity index (χ3v) is 9.12. The first-order chi connectivity index (χ1) is 20.7. The van der Waals surface area contributed by atoms with E-state index in [1.165, 1.54) is 29.5 Å². The summed E-state index contributed by atoms with van der Waals surface area (Å²) in [6.07, 6.45) is 1.12. The largest absolute Gasteiger partial charge is 0.367 e. The van der Waals surface area contributed by atoms with E-state index in [4.69, 9.17) is 4.98 Å². The molecule has 2 aliphatic rings. The van der Waals surface area contributed by atoms with Gasteiger partial charge < -0.3 is 15.2 Å². The molecule has 1 aliphatic carbocycles. The van der Waals surface area contributed by atoms with Crippen LogP contribution in [0.1, 0.15) is 61.8 Å². The highest BCUT2D eigenvalue weighted by Crippen LogP contribution is 2.48. The smallest absolute Gasteiger partial charge is 0.257 e. The van der Waals surface area contributed by atoms with E-state index in [-0.39, 0.29) is 22.6 Å². The molecule has 0 bridgehead atoms. The van der Waals surface area contributed by atoms with Gasteiger partial charge in [0.05, 0.1) is 5.56 Å². The first kappa shape index (κ1) is 28.9. The molecule has 6 rings (SSSR count). The number of rotatable bonds is 8. The number of benzene rings is 3. The first-order valence-electron chi connectivity index (χ1n) is 14.6. The van der Waals surface area contributed by atoms with Crippen LogP contribution < -0.4 is 15.8 Å². The maximum Gasteiger partial charge on any atom is 0.257 e. The molecule has 0 spiro atoms. The number of aromatic amines is 1. The second-order valence-electron chi connectivity index (χ2n) is 12.0. The lowest BCUT2D eigenvalue weighted by molar-refractivity contribution is -0.118. The highest BCUT2D eigenvalue weighted by molar-refractivity contribution is 7.98. The normalized spacial score (nSPS) is 17.2. The molecular weight excluding hydrogens is 559 g/mol. The minimum Gasteiger partial charge on any atom is -0.367 e. The van der Waals surface area contributed by atoms with Crippen molar-refractivity contribution in [3.05, 3.63) is 129 Å². The number of allylic oxidation sites excluding steroid dienone is 2. The third-order valence-electron chi connectivity index (χ3n) is 8.18. The van der Waals surface area contributed by atoms with Crippen molar-refractivity contribution in [2.24, 2.45) is 5.41 Å². The van der Waals surface area contributed by atoms with Crippen molar-refractivity contribution in [3.63, 3.8) is 0 Å². The van der Waals surface area contributed by atoms with Crippen molar-refractivity contribution >= 4 is 29.1 Å². The zero-order valence-corrected chi connectivity index (χ0v) is 25.4. The Morgan fingerprint density at radius 2 is 1.67 bits per heavy atom. The molecular formula is C35H35FN4O2S. The van der Waals surface area contributed by atoms with Crippen LogP contribution in [0.4, 0.5) is 15.9 Å². The number of thioether (sulfide) groups is 1. The average Bonchev–Trinajstić information content (AvgIpc) is 2.98. The summed E-state index contributed by atoms with van der Waals surface area (Å²) in [6.45, 7) is 7.96. The summed E-state index contributed by atoms with van der Waals surface area (Å²) in [6, 6.07) is 24.9. The quantitative estimate of drug-likeness (QED) is 0.163. The predicted octanol–water partition coefficient (Wildman–Crippen LogP) is 7.43. The number of anilines is 2. The van der Waals surface area contributed by atoms with Gasteiger partial charge in [-0.1, -0.05) is 80.2 Å². The summed E-state index contributed by atoms with van der Waals surface area (Å²) >= 11 is 1.38. The number of nitrogens with one attached hydrogen (secondary N) is 2. The number of aromatic nitrogens is 2. The number of halogens is 1. The van der Waals surface area contributed by atoms with Crippen LogP contribution in [0.25, 0.3) is 0 Å². The molecule has 220 valence electrons. The Balaban J connectivity index is 1.36. The maximum atomic E-state index is 13.7. The van der Waals surface area contributed by atoms with Crippen molar-refractivity contribution in [3.8, 4) is 0 Å². The van der Waals surface area contributed by atoms with Crippen molar-refractivity contribution in [1.82, 2.24) is 9.97 Å². The monoisotopic (exact) mass is 594 g/mol. The van der Waals surface area contributed by atoms with E-state index in [1.807, 2.05) is 30.3 Å². The van der Waals surface area contributed by atoms with Gasteiger partial charge in [-0.2, -0.15) is 0 Å². The second kappa shape index (κ2) is 11.8. The third kappa shape index (κ3) is 6.15. The molecule has 0 radical (unpaired) electrons. The van der Waals surface area contributed by atoms with Gasteiger partial charge in [0.15, 0.2) is 10.9 Å². The summed E-state index contributed by atoms with van der Waals surface area (Å²) in [5.41, 5.74) is 5.63. The van der Waals surface area contributed by atoms with Gasteiger partial charge in [0.1, 0.15) is 11.6 Å². The highest BCUT2D eigenvalue weighted by atomic mass is 32.2. The predicted molar refractivity (Wildman–Crippen MR) is 171 cm³/mol. The second-order valence-corrected chi connectivity index (χ2v) is 13.0. The fraction of sp³-hybridized carbons (Fsp3) is 0.286. The zero-order chi connectivity index (χ0) is 30.1. The number of Topliss-reactive ketones (excluding diaryl/α,β-unsaturated/α-hetero) is 1. The van der Waals surface area contributed by atoms with Gasteiger partial charge in [0.2, 0.25) is 0 Å². The zero-order valence-electron chi connectivity index (χ0n) is 24.6. The van der Waals surface area contributed by atoms with E-state index < -0.39 is 5.92 Å². The molecule has 1 aromatic heterocycles. The molecule has 4 aromatic rings. The summed E-state index contributed by atoms with van der Waals surface area (Å²) in [5, 5.41) is 3.87. The van der Waals surface area contributed by atoms with E-state index in [0.717, 1.165) is 35.6 Å². The van der Waals surface area contributed by atoms with E-state index in [9.17, 15) is 14.0 Å². The number of fused-ring (bicyclic) bond motifs is 1. The fourth-order valence-electron chi connectivity index (χ4n) is 6.09. The van der Waals surface area contributed by atoms with Crippen molar-refractivity contribution < 1.29 is 9.18 Å². The first-order valence-corrected chi connectivity index (χ1v) is 15.6. The molecule has 1 atom stereocenters. The Morgan fingerprint density at radius 3 is 2.37 bits per heavy atom. The lowest BCUT2D eigenvalue weighted by atomic mass is 9.69. The molecule has 0 saturated heterocycles. The van der Waals surface area contributed by atoms with Gasteiger partial charge >= 0.3 is 0 Å². The molecule has 0 fully saturated rings.